The molecule has 0 aliphatic carbocycles. The summed E-state index contributed by atoms with van der Waals surface area (Å²) in [6, 6.07) is 9.50. The van der Waals surface area contributed by atoms with E-state index in [2.05, 4.69) is 4.98 Å². The van der Waals surface area contributed by atoms with E-state index in [0.29, 0.717) is 5.56 Å². The van der Waals surface area contributed by atoms with Crippen LogP contribution < -0.4 is 0 Å². The molecule has 0 aliphatic heterocycles. The number of pyridine rings is 1. The minimum absolute atomic E-state index is 0.0751. The topological polar surface area (TPSA) is 30.0 Å². The molecule has 0 amide bonds. The number of carbonyl (C=O) groups is 1. The molecular weight excluding hydrogens is 210 g/mol. The van der Waals surface area contributed by atoms with Gasteiger partial charge in [-0.05, 0) is 44.0 Å². The van der Waals surface area contributed by atoms with Crippen molar-refractivity contribution >= 4 is 5.78 Å². The van der Waals surface area contributed by atoms with Gasteiger partial charge in [0.15, 0.2) is 5.78 Å². The smallest absolute Gasteiger partial charge is 0.193 e. The maximum atomic E-state index is 12.4. The van der Waals surface area contributed by atoms with Gasteiger partial charge in [0, 0.05) is 23.0 Å². The molecule has 1 heterocycles. The number of aryl methyl sites for hydroxylation is 3. The molecule has 0 bridgehead atoms. The van der Waals surface area contributed by atoms with E-state index in [1.54, 1.807) is 12.3 Å². The fraction of sp³-hybridized carbons (Fsp3) is 0.200. The van der Waals surface area contributed by atoms with Crippen molar-refractivity contribution in [2.24, 2.45) is 0 Å². The lowest BCUT2D eigenvalue weighted by atomic mass is 9.95. The average Bonchev–Trinajstić information content (AvgIpc) is 2.28. The molecule has 0 unspecified atom stereocenters. The Labute approximate surface area is 101 Å². The van der Waals surface area contributed by atoms with Gasteiger partial charge in [0.1, 0.15) is 0 Å². The first kappa shape index (κ1) is 11.5. The van der Waals surface area contributed by atoms with Crippen LogP contribution in [0.2, 0.25) is 0 Å². The lowest BCUT2D eigenvalue weighted by Gasteiger charge is -2.08. The first-order chi connectivity index (χ1) is 8.09. The number of hydrogen-bond donors (Lipinski definition) is 0. The van der Waals surface area contributed by atoms with Gasteiger partial charge in [-0.15, -0.1) is 0 Å². The van der Waals surface area contributed by atoms with Crippen LogP contribution in [-0.4, -0.2) is 10.8 Å². The molecule has 0 radical (unpaired) electrons. The molecule has 1 aromatic carbocycles. The first-order valence-electron chi connectivity index (χ1n) is 5.63. The molecule has 2 heteroatoms. The maximum absolute atomic E-state index is 12.4. The third-order valence-electron chi connectivity index (χ3n) is 2.87. The van der Waals surface area contributed by atoms with Crippen molar-refractivity contribution in [1.29, 1.82) is 0 Å². The summed E-state index contributed by atoms with van der Waals surface area (Å²) < 4.78 is 0. The second-order valence-electron chi connectivity index (χ2n) is 4.28. The predicted octanol–water partition coefficient (Wildman–Crippen LogP) is 3.24. The zero-order valence-corrected chi connectivity index (χ0v) is 10.3. The molecule has 1 aromatic heterocycles. The van der Waals surface area contributed by atoms with Crippen molar-refractivity contribution in [3.8, 4) is 0 Å². The Hall–Kier alpha value is -1.96. The zero-order chi connectivity index (χ0) is 12.4. The van der Waals surface area contributed by atoms with E-state index in [-0.39, 0.29) is 5.78 Å². The second kappa shape index (κ2) is 4.50. The van der Waals surface area contributed by atoms with Gasteiger partial charge in [0.2, 0.25) is 0 Å². The molecular formula is C15H15NO. The highest BCUT2D eigenvalue weighted by Gasteiger charge is 2.14. The van der Waals surface area contributed by atoms with E-state index in [0.717, 1.165) is 22.4 Å². The second-order valence-corrected chi connectivity index (χ2v) is 4.28. The number of benzene rings is 1. The number of rotatable bonds is 2. The van der Waals surface area contributed by atoms with Crippen LogP contribution in [-0.2, 0) is 0 Å². The Morgan fingerprint density at radius 3 is 2.29 bits per heavy atom. The molecule has 0 spiro atoms. The van der Waals surface area contributed by atoms with Crippen LogP contribution >= 0.6 is 0 Å². The molecule has 0 N–H and O–H groups in total. The van der Waals surface area contributed by atoms with Crippen LogP contribution in [0, 0.1) is 20.8 Å². The van der Waals surface area contributed by atoms with Gasteiger partial charge in [-0.2, -0.15) is 0 Å². The first-order valence-corrected chi connectivity index (χ1v) is 5.63. The number of ketones is 1. The standard InChI is InChI=1S/C15H15NO/c1-10-5-4-6-11(2)14(10)15(17)13-7-8-16-12(3)9-13/h4-9H,1-3H3. The molecule has 0 saturated carbocycles. The van der Waals surface area contributed by atoms with Crippen LogP contribution in [0.1, 0.15) is 32.7 Å². The van der Waals surface area contributed by atoms with Gasteiger partial charge >= 0.3 is 0 Å². The Balaban J connectivity index is 2.51. The highest BCUT2D eigenvalue weighted by molar-refractivity contribution is 6.10. The third kappa shape index (κ3) is 2.26. The largest absolute Gasteiger partial charge is 0.289 e. The van der Waals surface area contributed by atoms with Crippen molar-refractivity contribution in [3.63, 3.8) is 0 Å². The summed E-state index contributed by atoms with van der Waals surface area (Å²) in [7, 11) is 0. The van der Waals surface area contributed by atoms with Crippen LogP contribution in [0.15, 0.2) is 36.5 Å². The van der Waals surface area contributed by atoms with E-state index < -0.39 is 0 Å². The molecule has 2 aromatic rings. The summed E-state index contributed by atoms with van der Waals surface area (Å²) in [5, 5.41) is 0. The Bertz CT molecular complexity index is 553. The van der Waals surface area contributed by atoms with Crippen molar-refractivity contribution in [2.75, 3.05) is 0 Å². The number of hydrogen-bond acceptors (Lipinski definition) is 2. The van der Waals surface area contributed by atoms with Gasteiger partial charge in [-0.1, -0.05) is 18.2 Å². The van der Waals surface area contributed by atoms with Crippen molar-refractivity contribution in [1.82, 2.24) is 4.98 Å². The lowest BCUT2D eigenvalue weighted by Crippen LogP contribution is -2.06. The zero-order valence-electron chi connectivity index (χ0n) is 10.3. The minimum Gasteiger partial charge on any atom is -0.289 e. The summed E-state index contributed by atoms with van der Waals surface area (Å²) in [4.78, 5) is 16.5. The van der Waals surface area contributed by atoms with Crippen molar-refractivity contribution in [3.05, 3.63) is 64.5 Å². The van der Waals surface area contributed by atoms with E-state index >= 15 is 0 Å². The van der Waals surface area contributed by atoms with Gasteiger partial charge in [-0.3, -0.25) is 9.78 Å². The number of nitrogens with zero attached hydrogens (tertiary/aromatic N) is 1. The summed E-state index contributed by atoms with van der Waals surface area (Å²) in [6.45, 7) is 5.82. The summed E-state index contributed by atoms with van der Waals surface area (Å²) in [5.74, 6) is 0.0751. The normalized spacial score (nSPS) is 10.3. The minimum atomic E-state index is 0.0751. The SMILES string of the molecule is Cc1cc(C(=O)c2c(C)cccc2C)ccn1. The maximum Gasteiger partial charge on any atom is 0.193 e. The van der Waals surface area contributed by atoms with E-state index in [1.807, 2.05) is 45.0 Å². The van der Waals surface area contributed by atoms with Gasteiger partial charge in [-0.25, -0.2) is 0 Å². The Morgan fingerprint density at radius 1 is 1.06 bits per heavy atom. The summed E-state index contributed by atoms with van der Waals surface area (Å²) >= 11 is 0. The van der Waals surface area contributed by atoms with Crippen LogP contribution in [0.4, 0.5) is 0 Å². The molecule has 86 valence electrons. The van der Waals surface area contributed by atoms with Crippen LogP contribution in [0.5, 0.6) is 0 Å². The third-order valence-corrected chi connectivity index (χ3v) is 2.87. The highest BCUT2D eigenvalue weighted by Crippen LogP contribution is 2.18. The fourth-order valence-corrected chi connectivity index (χ4v) is 2.00. The molecule has 0 atom stereocenters. The molecule has 0 saturated heterocycles. The van der Waals surface area contributed by atoms with E-state index in [1.165, 1.54) is 0 Å². The van der Waals surface area contributed by atoms with Crippen LogP contribution in [0.3, 0.4) is 0 Å². The highest BCUT2D eigenvalue weighted by atomic mass is 16.1. The predicted molar refractivity (Wildman–Crippen MR) is 68.3 cm³/mol. The Morgan fingerprint density at radius 2 is 1.71 bits per heavy atom. The molecule has 2 rings (SSSR count). The summed E-state index contributed by atoms with van der Waals surface area (Å²) in [5.41, 5.74) is 4.41. The van der Waals surface area contributed by atoms with E-state index in [9.17, 15) is 4.79 Å². The number of aromatic nitrogens is 1. The average molecular weight is 225 g/mol. The monoisotopic (exact) mass is 225 g/mol. The van der Waals surface area contributed by atoms with Gasteiger partial charge in [0.05, 0.1) is 0 Å². The molecule has 17 heavy (non-hydrogen) atoms. The van der Waals surface area contributed by atoms with Gasteiger partial charge in [0.25, 0.3) is 0 Å². The van der Waals surface area contributed by atoms with Gasteiger partial charge < -0.3 is 0 Å². The van der Waals surface area contributed by atoms with Crippen molar-refractivity contribution in [2.45, 2.75) is 20.8 Å². The number of carbonyl (C=O) groups excluding carboxylic acids is 1. The Kier molecular flexibility index (Phi) is 3.05. The van der Waals surface area contributed by atoms with E-state index in [4.69, 9.17) is 0 Å². The quantitative estimate of drug-likeness (QED) is 0.734. The van der Waals surface area contributed by atoms with Crippen molar-refractivity contribution < 1.29 is 4.79 Å². The molecule has 2 nitrogen and oxygen atoms in total. The fourth-order valence-electron chi connectivity index (χ4n) is 2.00. The molecule has 0 fully saturated rings. The van der Waals surface area contributed by atoms with Crippen LogP contribution in [0.25, 0.3) is 0 Å². The lowest BCUT2D eigenvalue weighted by molar-refractivity contribution is 0.103. The summed E-state index contributed by atoms with van der Waals surface area (Å²) in [6.07, 6.45) is 1.68. The molecule has 0 aliphatic rings.